The molecule has 16 heavy (non-hydrogen) atoms. The predicted molar refractivity (Wildman–Crippen MR) is 54.1 cm³/mol. The summed E-state index contributed by atoms with van der Waals surface area (Å²) in [4.78, 5) is 22.3. The molecule has 0 radical (unpaired) electrons. The molecule has 2 unspecified atom stereocenters. The Morgan fingerprint density at radius 3 is 2.50 bits per heavy atom. The van der Waals surface area contributed by atoms with Gasteiger partial charge in [0.25, 0.3) is 0 Å². The van der Waals surface area contributed by atoms with Crippen molar-refractivity contribution in [2.45, 2.75) is 12.6 Å². The van der Waals surface area contributed by atoms with Gasteiger partial charge in [0.15, 0.2) is 0 Å². The van der Waals surface area contributed by atoms with Gasteiger partial charge in [0.1, 0.15) is 0 Å². The van der Waals surface area contributed by atoms with Gasteiger partial charge in [-0.3, -0.25) is 10.1 Å². The largest absolute Gasteiger partial charge is 0.836 e. The van der Waals surface area contributed by atoms with Crippen LogP contribution in [0.25, 0.3) is 0 Å². The predicted octanol–water partition coefficient (Wildman–Crippen LogP) is -0.629. The van der Waals surface area contributed by atoms with Crippen LogP contribution in [0.4, 0.5) is 4.79 Å². The van der Waals surface area contributed by atoms with Crippen LogP contribution in [0.5, 0.6) is 0 Å². The van der Waals surface area contributed by atoms with Crippen molar-refractivity contribution in [3.8, 4) is 0 Å². The van der Waals surface area contributed by atoms with Crippen LogP contribution in [0.15, 0.2) is 30.3 Å². The number of nitrogens with one attached hydrogen (secondary N) is 2. The van der Waals surface area contributed by atoms with Gasteiger partial charge in [0.2, 0.25) is 5.91 Å². The van der Waals surface area contributed by atoms with Crippen LogP contribution < -0.4 is 15.7 Å². The first-order chi connectivity index (χ1) is 7.66. The first-order valence-corrected chi connectivity index (χ1v) is 4.98. The number of benzene rings is 1. The van der Waals surface area contributed by atoms with Crippen molar-refractivity contribution in [3.63, 3.8) is 0 Å². The van der Waals surface area contributed by atoms with Crippen LogP contribution in [0.1, 0.15) is 5.56 Å². The normalized spacial score (nSPS) is 24.8. The summed E-state index contributed by atoms with van der Waals surface area (Å²) < 4.78 is 0. The van der Waals surface area contributed by atoms with E-state index in [1.165, 1.54) is 0 Å². The Morgan fingerprint density at radius 2 is 1.88 bits per heavy atom. The first-order valence-electron chi connectivity index (χ1n) is 4.98. The zero-order valence-corrected chi connectivity index (χ0v) is 8.47. The van der Waals surface area contributed by atoms with E-state index in [9.17, 15) is 14.7 Å². The maximum absolute atomic E-state index is 11.5. The number of carbonyl (C=O) groups excluding carboxylic acids is 2. The van der Waals surface area contributed by atoms with Crippen molar-refractivity contribution < 1.29 is 14.7 Å². The van der Waals surface area contributed by atoms with Gasteiger partial charge in [0, 0.05) is 5.92 Å². The minimum absolute atomic E-state index is 0.334. The highest BCUT2D eigenvalue weighted by Gasteiger charge is 2.28. The highest BCUT2D eigenvalue weighted by molar-refractivity contribution is 5.98. The van der Waals surface area contributed by atoms with E-state index in [0.717, 1.165) is 5.56 Å². The van der Waals surface area contributed by atoms with Crippen LogP contribution in [0.3, 0.4) is 0 Å². The van der Waals surface area contributed by atoms with E-state index in [1.54, 1.807) is 0 Å². The lowest BCUT2D eigenvalue weighted by molar-refractivity contribution is -0.436. The molecule has 0 spiro atoms. The molecule has 1 aromatic rings. The third kappa shape index (κ3) is 2.20. The van der Waals surface area contributed by atoms with E-state index in [4.69, 9.17) is 0 Å². The summed E-state index contributed by atoms with van der Waals surface area (Å²) in [6, 6.07) is 8.52. The Labute approximate surface area is 92.5 Å². The lowest BCUT2D eigenvalue weighted by Gasteiger charge is -2.35. The van der Waals surface area contributed by atoms with Crippen molar-refractivity contribution in [2.75, 3.05) is 0 Å². The molecule has 0 saturated carbocycles. The van der Waals surface area contributed by atoms with Gasteiger partial charge in [-0.1, -0.05) is 30.3 Å². The van der Waals surface area contributed by atoms with Crippen LogP contribution in [0.2, 0.25) is 0 Å². The molecule has 2 atom stereocenters. The molecule has 0 aliphatic carbocycles. The Balaban J connectivity index is 2.09. The summed E-state index contributed by atoms with van der Waals surface area (Å²) >= 11 is 0. The SMILES string of the molecule is O=C1NC(=O)C(Cc2ccccc2)C([O-])N1. The smallest absolute Gasteiger partial charge is 0.320 e. The van der Waals surface area contributed by atoms with E-state index in [0.29, 0.717) is 6.42 Å². The summed E-state index contributed by atoms with van der Waals surface area (Å²) in [5, 5.41) is 15.8. The quantitative estimate of drug-likeness (QED) is 0.695. The van der Waals surface area contributed by atoms with Gasteiger partial charge in [0.05, 0.1) is 0 Å². The van der Waals surface area contributed by atoms with Crippen molar-refractivity contribution in [2.24, 2.45) is 5.92 Å². The lowest BCUT2D eigenvalue weighted by atomic mass is 9.95. The molecule has 5 nitrogen and oxygen atoms in total. The maximum Gasteiger partial charge on any atom is 0.320 e. The van der Waals surface area contributed by atoms with E-state index < -0.39 is 24.1 Å². The van der Waals surface area contributed by atoms with E-state index in [-0.39, 0.29) is 0 Å². The van der Waals surface area contributed by atoms with E-state index in [2.05, 4.69) is 10.6 Å². The van der Waals surface area contributed by atoms with E-state index in [1.807, 2.05) is 30.3 Å². The van der Waals surface area contributed by atoms with Gasteiger partial charge < -0.3 is 10.4 Å². The molecule has 1 aliphatic heterocycles. The molecule has 3 amide bonds. The third-order valence-electron chi connectivity index (χ3n) is 2.51. The van der Waals surface area contributed by atoms with Crippen LogP contribution >= 0.6 is 0 Å². The summed E-state index contributed by atoms with van der Waals surface area (Å²) in [6.45, 7) is 0. The van der Waals surface area contributed by atoms with Gasteiger partial charge in [-0.2, -0.15) is 0 Å². The average Bonchev–Trinajstić information content (AvgIpc) is 2.25. The molecule has 1 aliphatic rings. The zero-order chi connectivity index (χ0) is 11.5. The van der Waals surface area contributed by atoms with E-state index >= 15 is 0 Å². The Morgan fingerprint density at radius 1 is 1.19 bits per heavy atom. The molecule has 1 aromatic carbocycles. The molecule has 84 valence electrons. The molecule has 2 rings (SSSR count). The van der Waals surface area contributed by atoms with Gasteiger partial charge in [-0.05, 0) is 18.2 Å². The molecule has 0 aromatic heterocycles. The summed E-state index contributed by atoms with van der Waals surface area (Å²) in [5.41, 5.74) is 0.902. The Kier molecular flexibility index (Phi) is 2.87. The Bertz CT molecular complexity index is 405. The van der Waals surface area contributed by atoms with Gasteiger partial charge in [-0.15, -0.1) is 0 Å². The van der Waals surface area contributed by atoms with Gasteiger partial charge in [-0.25, -0.2) is 4.79 Å². The molecule has 0 bridgehead atoms. The summed E-state index contributed by atoms with van der Waals surface area (Å²) in [5.74, 6) is -1.26. The molecular weight excluding hydrogens is 208 g/mol. The minimum atomic E-state index is -1.37. The highest BCUT2D eigenvalue weighted by atomic mass is 16.3. The second-order valence-corrected chi connectivity index (χ2v) is 3.68. The van der Waals surface area contributed by atoms with Crippen LogP contribution in [-0.4, -0.2) is 18.2 Å². The fraction of sp³-hybridized carbons (Fsp3) is 0.273. The topological polar surface area (TPSA) is 81.3 Å². The van der Waals surface area contributed by atoms with Crippen molar-refractivity contribution in [3.05, 3.63) is 35.9 Å². The molecular formula is C11H11N2O3-. The molecule has 1 saturated heterocycles. The fourth-order valence-electron chi connectivity index (χ4n) is 1.68. The minimum Gasteiger partial charge on any atom is -0.836 e. The number of urea groups is 1. The standard InChI is InChI=1S/C11H11N2O3/c14-9-8(10(15)13-11(16)12-9)6-7-4-2-1-3-5-7/h1-5,8-9H,6H2,(H2,12,13,15,16)/q-1. The second kappa shape index (κ2) is 4.32. The fourth-order valence-corrected chi connectivity index (χ4v) is 1.68. The third-order valence-corrected chi connectivity index (χ3v) is 2.51. The second-order valence-electron chi connectivity index (χ2n) is 3.68. The van der Waals surface area contributed by atoms with Gasteiger partial charge >= 0.3 is 6.03 Å². The number of imide groups is 1. The average molecular weight is 219 g/mol. The number of amides is 3. The van der Waals surface area contributed by atoms with Crippen molar-refractivity contribution in [1.82, 2.24) is 10.6 Å². The summed E-state index contributed by atoms with van der Waals surface area (Å²) in [7, 11) is 0. The maximum atomic E-state index is 11.5. The highest BCUT2D eigenvalue weighted by Crippen LogP contribution is 2.12. The van der Waals surface area contributed by atoms with Crippen LogP contribution in [0, 0.1) is 5.92 Å². The van der Waals surface area contributed by atoms with Crippen molar-refractivity contribution >= 4 is 11.9 Å². The lowest BCUT2D eigenvalue weighted by Crippen LogP contribution is -2.63. The zero-order valence-electron chi connectivity index (χ0n) is 8.47. The molecule has 5 heteroatoms. The number of hydrogen-bond donors (Lipinski definition) is 2. The summed E-state index contributed by atoms with van der Waals surface area (Å²) in [6.07, 6.45) is -1.04. The number of carbonyl (C=O) groups is 2. The molecule has 1 heterocycles. The molecule has 1 fully saturated rings. The Hall–Kier alpha value is -1.88. The molecule has 2 N–H and O–H groups in total. The number of rotatable bonds is 2. The monoisotopic (exact) mass is 219 g/mol. The van der Waals surface area contributed by atoms with Crippen molar-refractivity contribution in [1.29, 1.82) is 0 Å². The number of hydrogen-bond acceptors (Lipinski definition) is 3. The first kappa shape index (κ1) is 10.6. The van der Waals surface area contributed by atoms with Crippen LogP contribution in [-0.2, 0) is 11.2 Å².